The first-order valence-electron chi connectivity index (χ1n) is 8.97. The Labute approximate surface area is 150 Å². The fourth-order valence-electron chi connectivity index (χ4n) is 4.22. The summed E-state index contributed by atoms with van der Waals surface area (Å²) in [6.07, 6.45) is 0.304. The van der Waals surface area contributed by atoms with Crippen molar-refractivity contribution in [2.24, 2.45) is 0 Å². The van der Waals surface area contributed by atoms with Crippen molar-refractivity contribution in [3.05, 3.63) is 83.4 Å². The first kappa shape index (κ1) is 15.9. The second-order valence-electron chi connectivity index (χ2n) is 7.03. The van der Waals surface area contributed by atoms with Crippen LogP contribution in [0.25, 0.3) is 0 Å². The van der Waals surface area contributed by atoms with Crippen LogP contribution in [0.4, 0.5) is 22.7 Å². The van der Waals surface area contributed by atoms with Crippen LogP contribution >= 0.6 is 0 Å². The molecule has 1 aliphatic heterocycles. The second-order valence-corrected chi connectivity index (χ2v) is 7.03. The molecule has 1 heterocycles. The van der Waals surface area contributed by atoms with Crippen molar-refractivity contribution in [3.8, 4) is 0 Å². The van der Waals surface area contributed by atoms with Gasteiger partial charge in [-0.25, -0.2) is 4.90 Å². The van der Waals surface area contributed by atoms with E-state index in [-0.39, 0.29) is 0 Å². The van der Waals surface area contributed by atoms with Crippen molar-refractivity contribution in [2.75, 3.05) is 4.90 Å². The molecule has 2 unspecified atom stereocenters. The average Bonchev–Trinajstić information content (AvgIpc) is 2.88. The van der Waals surface area contributed by atoms with Gasteiger partial charge >= 0.3 is 0 Å². The highest BCUT2D eigenvalue weighted by Crippen LogP contribution is 2.40. The number of benzene rings is 3. The molecule has 0 saturated carbocycles. The molecule has 0 radical (unpaired) electrons. The zero-order valence-electron chi connectivity index (χ0n) is 15.4. The molecule has 2 heteroatoms. The lowest BCUT2D eigenvalue weighted by Gasteiger charge is -2.28. The lowest BCUT2D eigenvalue weighted by atomic mass is 10.1. The molecule has 0 amide bonds. The van der Waals surface area contributed by atoms with Gasteiger partial charge in [-0.1, -0.05) is 48.5 Å². The SMILES string of the molecule is Cc1ccccc1[NH+]1c2ccccc2N(c2c(C)cccc2C)C1C. The molecule has 0 spiro atoms. The largest absolute Gasteiger partial charge is 0.285 e. The van der Waals surface area contributed by atoms with Gasteiger partial charge < -0.3 is 0 Å². The van der Waals surface area contributed by atoms with E-state index in [1.54, 1.807) is 0 Å². The zero-order chi connectivity index (χ0) is 17.6. The van der Waals surface area contributed by atoms with Crippen molar-refractivity contribution >= 4 is 22.7 Å². The molecule has 0 aliphatic carbocycles. The van der Waals surface area contributed by atoms with E-state index >= 15 is 0 Å². The van der Waals surface area contributed by atoms with Gasteiger partial charge in [-0.15, -0.1) is 0 Å². The van der Waals surface area contributed by atoms with Crippen LogP contribution in [0, 0.1) is 20.8 Å². The summed E-state index contributed by atoms with van der Waals surface area (Å²) in [6, 6.07) is 24.1. The maximum absolute atomic E-state index is 2.52. The number of hydrogen-bond acceptors (Lipinski definition) is 1. The molecule has 2 nitrogen and oxygen atoms in total. The van der Waals surface area contributed by atoms with E-state index in [1.807, 2.05) is 0 Å². The smallest absolute Gasteiger partial charge is 0.174 e. The Morgan fingerprint density at radius 3 is 1.92 bits per heavy atom. The van der Waals surface area contributed by atoms with Gasteiger partial charge in [-0.05, 0) is 44.0 Å². The molecular formula is C23H25N2+. The van der Waals surface area contributed by atoms with E-state index < -0.39 is 0 Å². The predicted molar refractivity (Wildman–Crippen MR) is 105 cm³/mol. The number of anilines is 2. The molecule has 0 fully saturated rings. The van der Waals surface area contributed by atoms with Crippen molar-refractivity contribution < 1.29 is 4.90 Å². The molecule has 1 N–H and O–H groups in total. The predicted octanol–water partition coefficient (Wildman–Crippen LogP) is 4.96. The van der Waals surface area contributed by atoms with E-state index in [9.17, 15) is 0 Å². The van der Waals surface area contributed by atoms with Crippen LogP contribution in [0.3, 0.4) is 0 Å². The van der Waals surface area contributed by atoms with Crippen molar-refractivity contribution in [3.63, 3.8) is 0 Å². The van der Waals surface area contributed by atoms with Gasteiger partial charge in [0, 0.05) is 18.6 Å². The molecule has 3 aromatic rings. The highest BCUT2D eigenvalue weighted by molar-refractivity contribution is 5.78. The summed E-state index contributed by atoms with van der Waals surface area (Å²) in [5.41, 5.74) is 9.35. The van der Waals surface area contributed by atoms with Crippen LogP contribution in [-0.2, 0) is 0 Å². The van der Waals surface area contributed by atoms with E-state index in [2.05, 4.69) is 99.3 Å². The van der Waals surface area contributed by atoms with E-state index in [0.29, 0.717) is 6.17 Å². The molecule has 0 bridgehead atoms. The number of nitrogens with one attached hydrogen (secondary N) is 1. The molecule has 4 rings (SSSR count). The van der Waals surface area contributed by atoms with E-state index in [1.165, 1.54) is 44.3 Å². The fraction of sp³-hybridized carbons (Fsp3) is 0.217. The first-order valence-corrected chi connectivity index (χ1v) is 8.97. The molecule has 3 aromatic carbocycles. The molecule has 0 aromatic heterocycles. The van der Waals surface area contributed by atoms with Crippen LogP contribution in [0.5, 0.6) is 0 Å². The highest BCUT2D eigenvalue weighted by Gasteiger charge is 2.41. The number of para-hydroxylation sites is 4. The van der Waals surface area contributed by atoms with Gasteiger partial charge in [0.05, 0.1) is 5.69 Å². The summed E-state index contributed by atoms with van der Waals surface area (Å²) in [6.45, 7) is 8.96. The topological polar surface area (TPSA) is 7.68 Å². The Balaban J connectivity index is 1.93. The summed E-state index contributed by atoms with van der Waals surface area (Å²) in [5.74, 6) is 0. The minimum Gasteiger partial charge on any atom is -0.285 e. The minimum absolute atomic E-state index is 0.304. The Morgan fingerprint density at radius 1 is 0.680 bits per heavy atom. The fourth-order valence-corrected chi connectivity index (χ4v) is 4.22. The molecular weight excluding hydrogens is 304 g/mol. The third-order valence-corrected chi connectivity index (χ3v) is 5.37. The maximum Gasteiger partial charge on any atom is 0.174 e. The normalized spacial score (nSPS) is 19.1. The lowest BCUT2D eigenvalue weighted by molar-refractivity contribution is -0.780. The molecule has 2 atom stereocenters. The third-order valence-electron chi connectivity index (χ3n) is 5.37. The van der Waals surface area contributed by atoms with Crippen LogP contribution in [0.2, 0.25) is 0 Å². The van der Waals surface area contributed by atoms with Crippen molar-refractivity contribution in [1.82, 2.24) is 0 Å². The van der Waals surface area contributed by atoms with E-state index in [4.69, 9.17) is 0 Å². The Bertz CT molecular complexity index is 909. The second kappa shape index (κ2) is 6.05. The number of nitrogens with zero attached hydrogens (tertiary/aromatic N) is 1. The van der Waals surface area contributed by atoms with Gasteiger partial charge in [-0.3, -0.25) is 4.90 Å². The van der Waals surface area contributed by atoms with Gasteiger partial charge in [0.2, 0.25) is 0 Å². The van der Waals surface area contributed by atoms with Gasteiger partial charge in [0.1, 0.15) is 11.4 Å². The molecule has 25 heavy (non-hydrogen) atoms. The van der Waals surface area contributed by atoms with Crippen LogP contribution in [-0.4, -0.2) is 6.17 Å². The van der Waals surface area contributed by atoms with Crippen LogP contribution < -0.4 is 9.80 Å². The van der Waals surface area contributed by atoms with Gasteiger partial charge in [0.15, 0.2) is 11.9 Å². The third kappa shape index (κ3) is 2.45. The standard InChI is InChI=1S/C23H24N2/c1-16-10-5-6-13-20(16)24-19(4)25(22-15-8-7-14-21(22)24)23-17(2)11-9-12-18(23)3/h5-15,19H,1-4H3/p+1. The quantitative estimate of drug-likeness (QED) is 0.698. The van der Waals surface area contributed by atoms with E-state index in [0.717, 1.165) is 0 Å². The lowest BCUT2D eigenvalue weighted by Crippen LogP contribution is -3.06. The summed E-state index contributed by atoms with van der Waals surface area (Å²) < 4.78 is 0. The minimum atomic E-state index is 0.304. The summed E-state index contributed by atoms with van der Waals surface area (Å²) >= 11 is 0. The first-order chi connectivity index (χ1) is 12.1. The summed E-state index contributed by atoms with van der Waals surface area (Å²) in [7, 11) is 0. The summed E-state index contributed by atoms with van der Waals surface area (Å²) in [5, 5.41) is 0. The highest BCUT2D eigenvalue weighted by atomic mass is 15.4. The number of aryl methyl sites for hydroxylation is 3. The van der Waals surface area contributed by atoms with Crippen molar-refractivity contribution in [2.45, 2.75) is 33.9 Å². The monoisotopic (exact) mass is 329 g/mol. The number of rotatable bonds is 2. The van der Waals surface area contributed by atoms with Crippen LogP contribution in [0.15, 0.2) is 66.7 Å². The maximum atomic E-state index is 2.52. The van der Waals surface area contributed by atoms with Crippen molar-refractivity contribution in [1.29, 1.82) is 0 Å². The molecule has 0 saturated heterocycles. The Hall–Kier alpha value is -2.58. The zero-order valence-corrected chi connectivity index (χ0v) is 15.4. The average molecular weight is 329 g/mol. The molecule has 1 aliphatic rings. The van der Waals surface area contributed by atoms with Crippen LogP contribution in [0.1, 0.15) is 23.6 Å². The Morgan fingerprint density at radius 2 is 1.24 bits per heavy atom. The van der Waals surface area contributed by atoms with Gasteiger partial charge in [0.25, 0.3) is 0 Å². The van der Waals surface area contributed by atoms with Gasteiger partial charge in [-0.2, -0.15) is 0 Å². The number of fused-ring (bicyclic) bond motifs is 1. The molecule has 126 valence electrons. The Kier molecular flexibility index (Phi) is 3.85. The number of hydrogen-bond donors (Lipinski definition) is 1. The number of quaternary nitrogens is 1. The summed E-state index contributed by atoms with van der Waals surface area (Å²) in [4.78, 5) is 3.94.